The monoisotopic (exact) mass is 162 g/mol. The molecule has 12 heavy (non-hydrogen) atoms. The van der Waals surface area contributed by atoms with Crippen molar-refractivity contribution in [1.29, 1.82) is 0 Å². The summed E-state index contributed by atoms with van der Waals surface area (Å²) >= 11 is 0. The van der Waals surface area contributed by atoms with Crippen molar-refractivity contribution in [2.45, 2.75) is 19.8 Å². The van der Waals surface area contributed by atoms with E-state index >= 15 is 0 Å². The number of hydrogen-bond donors (Lipinski definition) is 0. The Balaban J connectivity index is 2.34. The normalized spacial score (nSPS) is 23.2. The van der Waals surface area contributed by atoms with Gasteiger partial charge in [0.1, 0.15) is 0 Å². The first-order valence-electron chi connectivity index (χ1n) is 4.49. The van der Waals surface area contributed by atoms with Crippen LogP contribution >= 0.6 is 0 Å². The van der Waals surface area contributed by atoms with Crippen LogP contribution < -0.4 is 0 Å². The highest BCUT2D eigenvalue weighted by Gasteiger charge is 2.11. The molecule has 2 rings (SSSR count). The van der Waals surface area contributed by atoms with Gasteiger partial charge in [0.2, 0.25) is 0 Å². The van der Waals surface area contributed by atoms with Crippen molar-refractivity contribution >= 4 is 0 Å². The van der Waals surface area contributed by atoms with E-state index in [9.17, 15) is 0 Å². The molecule has 1 aliphatic carbocycles. The Bertz CT molecular complexity index is 269. The van der Waals surface area contributed by atoms with E-state index in [0.717, 1.165) is 26.1 Å². The van der Waals surface area contributed by atoms with Crippen LogP contribution in [0.25, 0.3) is 0 Å². The molecule has 0 aromatic rings. The molecule has 0 unspecified atom stereocenters. The zero-order valence-electron chi connectivity index (χ0n) is 7.47. The second-order valence-corrected chi connectivity index (χ2v) is 3.45. The van der Waals surface area contributed by atoms with E-state index in [4.69, 9.17) is 4.74 Å². The second kappa shape index (κ2) is 3.28. The Morgan fingerprint density at radius 3 is 3.25 bits per heavy atom. The summed E-state index contributed by atoms with van der Waals surface area (Å²) in [5.74, 6) is 0. The maximum atomic E-state index is 5.50. The van der Waals surface area contributed by atoms with Crippen molar-refractivity contribution in [2.24, 2.45) is 0 Å². The van der Waals surface area contributed by atoms with Crippen LogP contribution in [0.15, 0.2) is 34.9 Å². The summed E-state index contributed by atoms with van der Waals surface area (Å²) in [7, 11) is 0. The van der Waals surface area contributed by atoms with Crippen molar-refractivity contribution in [3.63, 3.8) is 0 Å². The largest absolute Gasteiger partial charge is 0.377 e. The average molecular weight is 162 g/mol. The lowest BCUT2D eigenvalue weighted by Crippen LogP contribution is -1.96. The van der Waals surface area contributed by atoms with E-state index in [1.165, 1.54) is 16.7 Å². The molecule has 1 saturated heterocycles. The fraction of sp³-hybridized carbons (Fsp3) is 0.455. The molecule has 1 heterocycles. The quantitative estimate of drug-likeness (QED) is 0.532. The van der Waals surface area contributed by atoms with Gasteiger partial charge in [-0.15, -0.1) is 0 Å². The molecule has 0 aromatic carbocycles. The average Bonchev–Trinajstić information content (AvgIpc) is 2.38. The molecule has 0 radical (unpaired) electrons. The fourth-order valence-corrected chi connectivity index (χ4v) is 1.65. The Labute approximate surface area is 73.4 Å². The van der Waals surface area contributed by atoms with Gasteiger partial charge in [-0.2, -0.15) is 0 Å². The third-order valence-electron chi connectivity index (χ3n) is 2.52. The van der Waals surface area contributed by atoms with Crippen LogP contribution in [0, 0.1) is 0 Å². The summed E-state index contributed by atoms with van der Waals surface area (Å²) in [5.41, 5.74) is 4.34. The van der Waals surface area contributed by atoms with Gasteiger partial charge in [0, 0.05) is 0 Å². The first-order chi connectivity index (χ1) is 5.86. The number of ether oxygens (including phenoxy) is 1. The topological polar surface area (TPSA) is 9.23 Å². The van der Waals surface area contributed by atoms with Crippen molar-refractivity contribution in [3.05, 3.63) is 34.9 Å². The number of allylic oxidation sites excluding steroid dienone is 4. The van der Waals surface area contributed by atoms with Gasteiger partial charge in [-0.1, -0.05) is 23.8 Å². The second-order valence-electron chi connectivity index (χ2n) is 3.45. The van der Waals surface area contributed by atoms with Crippen molar-refractivity contribution < 1.29 is 4.74 Å². The van der Waals surface area contributed by atoms with E-state index in [1.54, 1.807) is 0 Å². The molecule has 0 N–H and O–H groups in total. The Morgan fingerprint density at radius 1 is 1.42 bits per heavy atom. The smallest absolute Gasteiger partial charge is 0.0685 e. The van der Waals surface area contributed by atoms with Crippen LogP contribution in [0.2, 0.25) is 0 Å². The highest BCUT2D eigenvalue weighted by molar-refractivity contribution is 5.35. The molecule has 0 saturated carbocycles. The van der Waals surface area contributed by atoms with Crippen LogP contribution in [0.3, 0.4) is 0 Å². The summed E-state index contributed by atoms with van der Waals surface area (Å²) in [6.45, 7) is 3.88. The molecule has 1 fully saturated rings. The van der Waals surface area contributed by atoms with Crippen molar-refractivity contribution in [3.8, 4) is 0 Å². The lowest BCUT2D eigenvalue weighted by atomic mass is 10.0. The summed E-state index contributed by atoms with van der Waals surface area (Å²) in [4.78, 5) is 0. The molecule has 0 amide bonds. The minimum atomic E-state index is 0.827. The van der Waals surface area contributed by atoms with Gasteiger partial charge < -0.3 is 4.74 Å². The molecule has 1 nitrogen and oxygen atoms in total. The first-order valence-corrected chi connectivity index (χ1v) is 4.49. The Hall–Kier alpha value is -0.820. The third-order valence-corrected chi connectivity index (χ3v) is 2.52. The maximum absolute atomic E-state index is 5.50. The highest BCUT2D eigenvalue weighted by Crippen LogP contribution is 2.24. The minimum Gasteiger partial charge on any atom is -0.377 e. The number of hydrogen-bond acceptors (Lipinski definition) is 1. The van der Waals surface area contributed by atoms with Gasteiger partial charge in [-0.25, -0.2) is 0 Å². The third kappa shape index (κ3) is 1.51. The first kappa shape index (κ1) is 7.81. The van der Waals surface area contributed by atoms with Gasteiger partial charge >= 0.3 is 0 Å². The predicted octanol–water partition coefficient (Wildman–Crippen LogP) is 2.61. The van der Waals surface area contributed by atoms with Gasteiger partial charge in [-0.05, 0) is 30.9 Å². The summed E-state index contributed by atoms with van der Waals surface area (Å²) < 4.78 is 5.50. The van der Waals surface area contributed by atoms with Crippen molar-refractivity contribution in [2.75, 3.05) is 13.2 Å². The summed E-state index contributed by atoms with van der Waals surface area (Å²) in [6, 6.07) is 0. The van der Waals surface area contributed by atoms with Crippen LogP contribution in [-0.4, -0.2) is 13.2 Å². The standard InChI is InChI=1S/C11H14O/c1-9-3-2-4-10-5-6-12-8-11(9)7-10/h2-4H,5-8H2,1H3. The van der Waals surface area contributed by atoms with Crippen molar-refractivity contribution in [1.82, 2.24) is 0 Å². The number of rotatable bonds is 0. The van der Waals surface area contributed by atoms with E-state index in [-0.39, 0.29) is 0 Å². The lowest BCUT2D eigenvalue weighted by molar-refractivity contribution is 0.165. The lowest BCUT2D eigenvalue weighted by Gasteiger charge is -2.04. The van der Waals surface area contributed by atoms with Gasteiger partial charge in [0.05, 0.1) is 13.2 Å². The van der Waals surface area contributed by atoms with Crippen LogP contribution in [0.5, 0.6) is 0 Å². The molecule has 0 aromatic heterocycles. The molecule has 64 valence electrons. The SMILES string of the molecule is CC1=C2COCCC(=CC=C1)C2. The molecule has 1 aliphatic heterocycles. The van der Waals surface area contributed by atoms with Crippen LogP contribution in [-0.2, 0) is 4.74 Å². The van der Waals surface area contributed by atoms with Gasteiger partial charge in [-0.3, -0.25) is 0 Å². The zero-order chi connectivity index (χ0) is 8.39. The molecule has 2 bridgehead atoms. The molecule has 0 spiro atoms. The highest BCUT2D eigenvalue weighted by atomic mass is 16.5. The van der Waals surface area contributed by atoms with Crippen LogP contribution in [0.1, 0.15) is 19.8 Å². The molecular weight excluding hydrogens is 148 g/mol. The maximum Gasteiger partial charge on any atom is 0.0685 e. The molecule has 0 atom stereocenters. The van der Waals surface area contributed by atoms with Gasteiger partial charge in [0.15, 0.2) is 0 Å². The number of fused-ring (bicyclic) bond motifs is 2. The predicted molar refractivity (Wildman–Crippen MR) is 50.0 cm³/mol. The zero-order valence-corrected chi connectivity index (χ0v) is 7.47. The van der Waals surface area contributed by atoms with E-state index in [0.29, 0.717) is 0 Å². The molecular formula is C11H14O. The van der Waals surface area contributed by atoms with Crippen LogP contribution in [0.4, 0.5) is 0 Å². The van der Waals surface area contributed by atoms with E-state index in [2.05, 4.69) is 25.2 Å². The molecule has 2 aliphatic rings. The minimum absolute atomic E-state index is 0.827. The molecule has 1 heteroatoms. The Kier molecular flexibility index (Phi) is 2.13. The summed E-state index contributed by atoms with van der Waals surface area (Å²) in [5, 5.41) is 0. The summed E-state index contributed by atoms with van der Waals surface area (Å²) in [6.07, 6.45) is 8.78. The van der Waals surface area contributed by atoms with E-state index in [1.807, 2.05) is 0 Å². The Morgan fingerprint density at radius 2 is 2.33 bits per heavy atom. The van der Waals surface area contributed by atoms with E-state index < -0.39 is 0 Å². The van der Waals surface area contributed by atoms with Gasteiger partial charge in [0.25, 0.3) is 0 Å². The fourth-order valence-electron chi connectivity index (χ4n) is 1.65.